The average Bonchev–Trinajstić information content (AvgIpc) is 2.66. The van der Waals surface area contributed by atoms with Gasteiger partial charge in [0.05, 0.1) is 12.6 Å². The molecule has 0 atom stereocenters. The number of hydrogen-bond acceptors (Lipinski definition) is 3. The van der Waals surface area contributed by atoms with Crippen LogP contribution < -0.4 is 0 Å². The minimum absolute atomic E-state index is 0.347. The van der Waals surface area contributed by atoms with Crippen LogP contribution in [0.1, 0.15) is 10.5 Å². The van der Waals surface area contributed by atoms with Gasteiger partial charge in [0, 0.05) is 11.5 Å². The van der Waals surface area contributed by atoms with E-state index in [1.807, 2.05) is 23.5 Å². The molecule has 0 bridgehead atoms. The van der Waals surface area contributed by atoms with Gasteiger partial charge in [-0.1, -0.05) is 0 Å². The van der Waals surface area contributed by atoms with Crippen LogP contribution >= 0.6 is 0 Å². The van der Waals surface area contributed by atoms with Gasteiger partial charge >= 0.3 is 5.97 Å². The first kappa shape index (κ1) is 12.7. The van der Waals surface area contributed by atoms with Gasteiger partial charge in [0.2, 0.25) is 0 Å². The number of halogens is 1. The van der Waals surface area contributed by atoms with Gasteiger partial charge in [-0.25, -0.2) is 9.18 Å². The molecule has 0 unspecified atom stereocenters. The van der Waals surface area contributed by atoms with Crippen LogP contribution in [0.5, 0.6) is 0 Å². The van der Waals surface area contributed by atoms with Crippen molar-refractivity contribution in [2.24, 2.45) is 0 Å². The van der Waals surface area contributed by atoms with Crippen molar-refractivity contribution in [1.29, 1.82) is 0 Å². The molecule has 0 radical (unpaired) electrons. The highest BCUT2D eigenvalue weighted by Gasteiger charge is 2.26. The Morgan fingerprint density at radius 3 is 2.67 bits per heavy atom. The Labute approximate surface area is 107 Å². The fourth-order valence-electron chi connectivity index (χ4n) is 1.84. The van der Waals surface area contributed by atoms with Crippen LogP contribution in [-0.4, -0.2) is 46.4 Å². The molecule has 0 aliphatic rings. The van der Waals surface area contributed by atoms with Gasteiger partial charge in [0.1, 0.15) is 29.4 Å². The second-order valence-corrected chi connectivity index (χ2v) is 5.08. The lowest BCUT2D eigenvalue weighted by molar-refractivity contribution is 0.0589. The molecule has 2 aromatic rings. The van der Waals surface area contributed by atoms with E-state index in [4.69, 9.17) is 4.74 Å². The topological polar surface area (TPSA) is 44.1 Å². The van der Waals surface area contributed by atoms with Crippen LogP contribution in [0.2, 0.25) is 0 Å². The van der Waals surface area contributed by atoms with E-state index in [0.29, 0.717) is 16.6 Å². The predicted molar refractivity (Wildman–Crippen MR) is 74.6 cm³/mol. The molecule has 4 nitrogen and oxygen atoms in total. The molecule has 0 N–H and O–H groups in total. The zero-order chi connectivity index (χ0) is 13.5. The number of carbonyl (C=O) groups is 1. The van der Waals surface area contributed by atoms with E-state index in [1.165, 1.54) is 19.2 Å². The van der Waals surface area contributed by atoms with Crippen LogP contribution in [0.3, 0.4) is 0 Å². The lowest BCUT2D eigenvalue weighted by Crippen LogP contribution is -2.38. The molecule has 1 heterocycles. The van der Waals surface area contributed by atoms with E-state index in [-0.39, 0.29) is 11.1 Å². The summed E-state index contributed by atoms with van der Waals surface area (Å²) < 4.78 is 19.5. The molecule has 1 aromatic heterocycles. The third-order valence-electron chi connectivity index (χ3n) is 2.65. The summed E-state index contributed by atoms with van der Waals surface area (Å²) in [6.45, 7) is 0. The summed E-state index contributed by atoms with van der Waals surface area (Å²) in [5.74, 6) is -0.850. The highest BCUT2D eigenvalue weighted by atomic mass is 19.1. The molecule has 0 aliphatic heterocycles. The molecule has 0 fully saturated rings. The van der Waals surface area contributed by atoms with Gasteiger partial charge in [-0.3, -0.25) is 4.68 Å². The molecule has 0 spiro atoms. The van der Waals surface area contributed by atoms with E-state index < -0.39 is 5.97 Å². The minimum Gasteiger partial charge on any atom is -0.464 e. The number of methoxy groups -OCH3 is 1. The SMILES string of the molecule is BC(B)(B)n1nc2cc(F)ccc2c1C(=O)OC. The normalized spacial score (nSPS) is 11.7. The Bertz CT molecular complexity index is 621. The zero-order valence-electron chi connectivity index (χ0n) is 10.8. The van der Waals surface area contributed by atoms with Gasteiger partial charge in [-0.2, -0.15) is 5.10 Å². The van der Waals surface area contributed by atoms with Crippen LogP contribution in [0.25, 0.3) is 10.9 Å². The molecule has 0 aliphatic carbocycles. The van der Waals surface area contributed by atoms with Gasteiger partial charge in [0.15, 0.2) is 5.69 Å². The van der Waals surface area contributed by atoms with Crippen molar-refractivity contribution in [2.45, 2.75) is 5.24 Å². The van der Waals surface area contributed by atoms with E-state index >= 15 is 0 Å². The standard InChI is InChI=1S/C10H12B3FN2O2/c1-18-9(17)8-6-3-2-5(14)4-7(6)15-16(8)10(11,12)13/h2-4H,11-13H2,1H3. The van der Waals surface area contributed by atoms with Gasteiger partial charge in [-0.15, -0.1) is 0 Å². The van der Waals surface area contributed by atoms with E-state index in [1.54, 1.807) is 10.7 Å². The van der Waals surface area contributed by atoms with Crippen molar-refractivity contribution in [1.82, 2.24) is 9.78 Å². The molecule has 18 heavy (non-hydrogen) atoms. The summed E-state index contributed by atoms with van der Waals surface area (Å²) in [6.07, 6.45) is 0. The van der Waals surface area contributed by atoms with Crippen LogP contribution in [0.4, 0.5) is 4.39 Å². The summed E-state index contributed by atoms with van der Waals surface area (Å²) in [5, 5.41) is 4.50. The van der Waals surface area contributed by atoms with Gasteiger partial charge in [0.25, 0.3) is 0 Å². The molecule has 0 amide bonds. The first-order valence-corrected chi connectivity index (χ1v) is 5.61. The summed E-state index contributed by atoms with van der Waals surface area (Å²) in [4.78, 5) is 11.9. The summed E-state index contributed by atoms with van der Waals surface area (Å²) >= 11 is 0. The van der Waals surface area contributed by atoms with Crippen molar-refractivity contribution >= 4 is 40.4 Å². The highest BCUT2D eigenvalue weighted by molar-refractivity contribution is 6.56. The Hall–Kier alpha value is -1.72. The van der Waals surface area contributed by atoms with Crippen LogP contribution in [0, 0.1) is 5.82 Å². The maximum Gasteiger partial charge on any atom is 0.356 e. The van der Waals surface area contributed by atoms with Crippen molar-refractivity contribution in [2.75, 3.05) is 7.11 Å². The number of hydrogen-bond donors (Lipinski definition) is 0. The fraction of sp³-hybridized carbons (Fsp3) is 0.200. The van der Waals surface area contributed by atoms with Crippen molar-refractivity contribution in [3.05, 3.63) is 29.7 Å². The number of nitrogens with zero attached hydrogens (tertiary/aromatic N) is 2. The van der Waals surface area contributed by atoms with Gasteiger partial charge < -0.3 is 4.74 Å². The lowest BCUT2D eigenvalue weighted by Gasteiger charge is -2.21. The first-order chi connectivity index (χ1) is 8.34. The summed E-state index contributed by atoms with van der Waals surface area (Å²) in [7, 11) is 7.07. The monoisotopic (exact) mass is 244 g/mol. The third kappa shape index (κ3) is 2.02. The molecule has 0 saturated carbocycles. The van der Waals surface area contributed by atoms with Crippen LogP contribution in [0.15, 0.2) is 18.2 Å². The lowest BCUT2D eigenvalue weighted by atomic mass is 9.49. The summed E-state index contributed by atoms with van der Waals surface area (Å²) in [6, 6.07) is 4.17. The van der Waals surface area contributed by atoms with Crippen molar-refractivity contribution in [3.63, 3.8) is 0 Å². The maximum atomic E-state index is 13.2. The number of esters is 1. The van der Waals surface area contributed by atoms with Crippen LogP contribution in [-0.2, 0) is 9.97 Å². The second kappa shape index (κ2) is 4.19. The van der Waals surface area contributed by atoms with Crippen molar-refractivity contribution < 1.29 is 13.9 Å². The predicted octanol–water partition coefficient (Wildman–Crippen LogP) is -1.57. The molecule has 90 valence electrons. The first-order valence-electron chi connectivity index (χ1n) is 5.61. The molecule has 0 saturated heterocycles. The largest absolute Gasteiger partial charge is 0.464 e. The van der Waals surface area contributed by atoms with E-state index in [2.05, 4.69) is 5.10 Å². The average molecular weight is 244 g/mol. The fourth-order valence-corrected chi connectivity index (χ4v) is 1.84. The molecule has 2 rings (SSSR count). The number of carbonyl (C=O) groups excluding carboxylic acids is 1. The number of benzene rings is 1. The smallest absolute Gasteiger partial charge is 0.356 e. The van der Waals surface area contributed by atoms with E-state index in [0.717, 1.165) is 0 Å². The Morgan fingerprint density at radius 2 is 2.11 bits per heavy atom. The minimum atomic E-state index is -0.473. The van der Waals surface area contributed by atoms with Crippen molar-refractivity contribution in [3.8, 4) is 0 Å². The number of ether oxygens (including phenoxy) is 1. The maximum absolute atomic E-state index is 13.2. The number of fused-ring (bicyclic) bond motifs is 1. The Morgan fingerprint density at radius 1 is 1.44 bits per heavy atom. The molecular weight excluding hydrogens is 232 g/mol. The highest BCUT2D eigenvalue weighted by Crippen LogP contribution is 2.22. The quantitative estimate of drug-likeness (QED) is 0.473. The zero-order valence-corrected chi connectivity index (χ0v) is 10.8. The molecular formula is C10H12B3FN2O2. The molecule has 8 heteroatoms. The van der Waals surface area contributed by atoms with Gasteiger partial charge in [-0.05, 0) is 17.4 Å². The Kier molecular flexibility index (Phi) is 2.96. The summed E-state index contributed by atoms with van der Waals surface area (Å²) in [5.41, 5.74) is 0.797. The second-order valence-electron chi connectivity index (χ2n) is 5.08. The number of rotatable bonds is 2. The Balaban J connectivity index is 2.80. The number of aromatic nitrogens is 2. The van der Waals surface area contributed by atoms with E-state index in [9.17, 15) is 9.18 Å². The molecule has 1 aromatic carbocycles. The third-order valence-corrected chi connectivity index (χ3v) is 2.65.